The number of carbonyl (C=O) groups is 1. The monoisotopic (exact) mass is 240 g/mol. The Morgan fingerprint density at radius 1 is 1.41 bits per heavy atom. The van der Waals surface area contributed by atoms with Crippen molar-refractivity contribution in [2.24, 2.45) is 23.5 Å². The van der Waals surface area contributed by atoms with Gasteiger partial charge in [0.05, 0.1) is 5.92 Å². The van der Waals surface area contributed by atoms with Crippen molar-refractivity contribution in [1.29, 1.82) is 0 Å². The van der Waals surface area contributed by atoms with Crippen molar-refractivity contribution in [2.45, 2.75) is 58.9 Å². The van der Waals surface area contributed by atoms with E-state index in [9.17, 15) is 4.79 Å². The summed E-state index contributed by atoms with van der Waals surface area (Å²) in [7, 11) is 0. The summed E-state index contributed by atoms with van der Waals surface area (Å²) in [5.41, 5.74) is 5.67. The van der Waals surface area contributed by atoms with Crippen LogP contribution in [0.2, 0.25) is 0 Å². The van der Waals surface area contributed by atoms with E-state index in [1.807, 2.05) is 0 Å². The van der Waals surface area contributed by atoms with Gasteiger partial charge < -0.3 is 11.1 Å². The first kappa shape index (κ1) is 14.5. The molecule has 17 heavy (non-hydrogen) atoms. The normalized spacial score (nSPS) is 30.9. The Bertz CT molecular complexity index is 242. The molecule has 0 aromatic heterocycles. The van der Waals surface area contributed by atoms with Gasteiger partial charge in [-0.05, 0) is 24.7 Å². The van der Waals surface area contributed by atoms with Crippen LogP contribution < -0.4 is 11.1 Å². The SMILES string of the molecule is CCCC(CN)C(=O)NC1CCCC(C)C1C. The number of hydrogen-bond acceptors (Lipinski definition) is 2. The van der Waals surface area contributed by atoms with Gasteiger partial charge in [0.2, 0.25) is 5.91 Å². The Morgan fingerprint density at radius 2 is 2.12 bits per heavy atom. The summed E-state index contributed by atoms with van der Waals surface area (Å²) in [5, 5.41) is 3.22. The molecule has 1 saturated carbocycles. The van der Waals surface area contributed by atoms with Gasteiger partial charge in [-0.3, -0.25) is 4.79 Å². The zero-order valence-electron chi connectivity index (χ0n) is 11.5. The van der Waals surface area contributed by atoms with Crippen LogP contribution in [0.4, 0.5) is 0 Å². The molecule has 0 aromatic rings. The van der Waals surface area contributed by atoms with Crippen LogP contribution in [0.5, 0.6) is 0 Å². The zero-order chi connectivity index (χ0) is 12.8. The Balaban J connectivity index is 2.48. The van der Waals surface area contributed by atoms with Gasteiger partial charge in [-0.1, -0.05) is 40.0 Å². The molecule has 0 spiro atoms. The van der Waals surface area contributed by atoms with E-state index in [4.69, 9.17) is 5.73 Å². The number of carbonyl (C=O) groups excluding carboxylic acids is 1. The van der Waals surface area contributed by atoms with E-state index in [2.05, 4.69) is 26.1 Å². The largest absolute Gasteiger partial charge is 0.353 e. The van der Waals surface area contributed by atoms with Gasteiger partial charge in [0.1, 0.15) is 0 Å². The predicted octanol–water partition coefficient (Wildman–Crippen LogP) is 2.30. The van der Waals surface area contributed by atoms with Gasteiger partial charge in [-0.2, -0.15) is 0 Å². The third-order valence-electron chi connectivity index (χ3n) is 4.33. The molecule has 1 amide bonds. The summed E-state index contributed by atoms with van der Waals surface area (Å²) in [5.74, 6) is 1.48. The minimum absolute atomic E-state index is 0.00410. The fraction of sp³-hybridized carbons (Fsp3) is 0.929. The highest BCUT2D eigenvalue weighted by Gasteiger charge is 2.29. The van der Waals surface area contributed by atoms with Gasteiger partial charge in [-0.15, -0.1) is 0 Å². The van der Waals surface area contributed by atoms with Gasteiger partial charge >= 0.3 is 0 Å². The highest BCUT2D eigenvalue weighted by atomic mass is 16.1. The molecule has 3 heteroatoms. The van der Waals surface area contributed by atoms with E-state index >= 15 is 0 Å². The van der Waals surface area contributed by atoms with Crippen molar-refractivity contribution >= 4 is 5.91 Å². The summed E-state index contributed by atoms with van der Waals surface area (Å²) in [6.07, 6.45) is 5.58. The van der Waals surface area contributed by atoms with E-state index < -0.39 is 0 Å². The maximum Gasteiger partial charge on any atom is 0.224 e. The van der Waals surface area contributed by atoms with Gasteiger partial charge in [0.25, 0.3) is 0 Å². The predicted molar refractivity (Wildman–Crippen MR) is 71.6 cm³/mol. The molecule has 1 fully saturated rings. The summed E-state index contributed by atoms with van der Waals surface area (Å²) < 4.78 is 0. The molecule has 0 aromatic carbocycles. The third-order valence-corrected chi connectivity index (χ3v) is 4.33. The van der Waals surface area contributed by atoms with E-state index in [0.29, 0.717) is 18.5 Å². The fourth-order valence-electron chi connectivity index (χ4n) is 2.79. The molecule has 4 unspecified atom stereocenters. The standard InChI is InChI=1S/C14H28N2O/c1-4-6-12(9-15)14(17)16-13-8-5-7-10(2)11(13)3/h10-13H,4-9,15H2,1-3H3,(H,16,17). The molecule has 4 atom stereocenters. The second-order valence-electron chi connectivity index (χ2n) is 5.60. The molecule has 3 N–H and O–H groups in total. The molecule has 1 aliphatic rings. The average Bonchev–Trinajstić information content (AvgIpc) is 2.31. The molecule has 0 bridgehead atoms. The van der Waals surface area contributed by atoms with Gasteiger partial charge in [-0.25, -0.2) is 0 Å². The van der Waals surface area contributed by atoms with E-state index in [1.165, 1.54) is 12.8 Å². The number of hydrogen-bond donors (Lipinski definition) is 2. The minimum Gasteiger partial charge on any atom is -0.353 e. The van der Waals surface area contributed by atoms with Crippen LogP contribution in [0.15, 0.2) is 0 Å². The molecule has 1 rings (SSSR count). The summed E-state index contributed by atoms with van der Waals surface area (Å²) in [4.78, 5) is 12.1. The number of amides is 1. The summed E-state index contributed by atoms with van der Waals surface area (Å²) in [6.45, 7) is 7.11. The first-order chi connectivity index (χ1) is 8.10. The van der Waals surface area contributed by atoms with E-state index in [1.54, 1.807) is 0 Å². The van der Waals surface area contributed by atoms with Crippen LogP contribution in [0.1, 0.15) is 52.9 Å². The lowest BCUT2D eigenvalue weighted by Crippen LogP contribution is -2.47. The summed E-state index contributed by atoms with van der Waals surface area (Å²) in [6, 6.07) is 0.358. The van der Waals surface area contributed by atoms with Crippen LogP contribution in [-0.4, -0.2) is 18.5 Å². The second-order valence-corrected chi connectivity index (χ2v) is 5.60. The smallest absolute Gasteiger partial charge is 0.224 e. The van der Waals surface area contributed by atoms with Crippen LogP contribution in [-0.2, 0) is 4.79 Å². The van der Waals surface area contributed by atoms with Crippen LogP contribution in [0, 0.1) is 17.8 Å². The maximum atomic E-state index is 12.1. The number of rotatable bonds is 5. The Labute approximate surface area is 106 Å². The Kier molecular flexibility index (Phi) is 5.96. The van der Waals surface area contributed by atoms with Crippen molar-refractivity contribution in [2.75, 3.05) is 6.54 Å². The Morgan fingerprint density at radius 3 is 2.71 bits per heavy atom. The van der Waals surface area contributed by atoms with Crippen molar-refractivity contribution in [3.05, 3.63) is 0 Å². The van der Waals surface area contributed by atoms with Crippen LogP contribution in [0.25, 0.3) is 0 Å². The molecule has 0 saturated heterocycles. The molecule has 0 radical (unpaired) electrons. The average molecular weight is 240 g/mol. The first-order valence-corrected chi connectivity index (χ1v) is 7.10. The van der Waals surface area contributed by atoms with Crippen LogP contribution in [0.3, 0.4) is 0 Å². The fourth-order valence-corrected chi connectivity index (χ4v) is 2.79. The van der Waals surface area contributed by atoms with E-state index in [0.717, 1.165) is 25.2 Å². The minimum atomic E-state index is 0.00410. The van der Waals surface area contributed by atoms with Crippen molar-refractivity contribution < 1.29 is 4.79 Å². The highest BCUT2D eigenvalue weighted by molar-refractivity contribution is 5.79. The van der Waals surface area contributed by atoms with Gasteiger partial charge in [0, 0.05) is 12.6 Å². The van der Waals surface area contributed by atoms with Crippen molar-refractivity contribution in [3.8, 4) is 0 Å². The van der Waals surface area contributed by atoms with Gasteiger partial charge in [0.15, 0.2) is 0 Å². The second kappa shape index (κ2) is 7.00. The van der Waals surface area contributed by atoms with Crippen molar-refractivity contribution in [3.63, 3.8) is 0 Å². The quantitative estimate of drug-likeness (QED) is 0.774. The molecule has 0 heterocycles. The molecule has 0 aliphatic heterocycles. The van der Waals surface area contributed by atoms with Crippen molar-refractivity contribution in [1.82, 2.24) is 5.32 Å². The number of nitrogens with one attached hydrogen (secondary N) is 1. The molecule has 3 nitrogen and oxygen atoms in total. The maximum absolute atomic E-state index is 12.1. The first-order valence-electron chi connectivity index (χ1n) is 7.10. The number of nitrogens with two attached hydrogens (primary N) is 1. The lowest BCUT2D eigenvalue weighted by Gasteiger charge is -2.35. The van der Waals surface area contributed by atoms with Crippen LogP contribution >= 0.6 is 0 Å². The topological polar surface area (TPSA) is 55.1 Å². The molecular formula is C14H28N2O. The lowest BCUT2D eigenvalue weighted by molar-refractivity contribution is -0.126. The third kappa shape index (κ3) is 3.98. The Hall–Kier alpha value is -0.570. The van der Waals surface area contributed by atoms with E-state index in [-0.39, 0.29) is 11.8 Å². The zero-order valence-corrected chi connectivity index (χ0v) is 11.5. The highest BCUT2D eigenvalue weighted by Crippen LogP contribution is 2.29. The summed E-state index contributed by atoms with van der Waals surface area (Å²) >= 11 is 0. The lowest BCUT2D eigenvalue weighted by atomic mass is 9.78. The molecular weight excluding hydrogens is 212 g/mol. The molecule has 1 aliphatic carbocycles. The molecule has 100 valence electrons.